The zero-order valence-electron chi connectivity index (χ0n) is 16.7. The lowest BCUT2D eigenvalue weighted by molar-refractivity contribution is -0.113. The van der Waals surface area contributed by atoms with Crippen LogP contribution in [-0.4, -0.2) is 43.9 Å². The molecular weight excluding hydrogens is 454 g/mol. The Morgan fingerprint density at radius 2 is 1.97 bits per heavy atom. The van der Waals surface area contributed by atoms with E-state index in [4.69, 9.17) is 0 Å². The molecule has 0 unspecified atom stereocenters. The highest BCUT2D eigenvalue weighted by Gasteiger charge is 2.21. The maximum Gasteiger partial charge on any atom is 0.264 e. The van der Waals surface area contributed by atoms with Crippen molar-refractivity contribution in [1.82, 2.24) is 10.2 Å². The van der Waals surface area contributed by atoms with E-state index >= 15 is 0 Å². The zero-order valence-corrected chi connectivity index (χ0v) is 19.1. The third-order valence-electron chi connectivity index (χ3n) is 4.03. The van der Waals surface area contributed by atoms with E-state index in [-0.39, 0.29) is 16.6 Å². The van der Waals surface area contributed by atoms with E-state index in [1.807, 2.05) is 6.07 Å². The third-order valence-corrected chi connectivity index (χ3v) is 7.82. The van der Waals surface area contributed by atoms with Gasteiger partial charge in [-0.05, 0) is 30.3 Å². The van der Waals surface area contributed by atoms with Crippen molar-refractivity contribution in [3.63, 3.8) is 0 Å². The number of sulfonamides is 1. The van der Waals surface area contributed by atoms with Gasteiger partial charge in [-0.25, -0.2) is 8.42 Å². The topological polar surface area (TPSA) is 104 Å². The average Bonchev–Trinajstić information content (AvgIpc) is 3.24. The lowest BCUT2D eigenvalue weighted by atomic mass is 10.3. The van der Waals surface area contributed by atoms with E-state index in [1.165, 1.54) is 46.6 Å². The van der Waals surface area contributed by atoms with Gasteiger partial charge in [0.1, 0.15) is 0 Å². The largest absolute Gasteiger partial charge is 0.357 e. The van der Waals surface area contributed by atoms with Crippen molar-refractivity contribution in [3.05, 3.63) is 67.3 Å². The molecule has 1 amide bonds. The van der Waals surface area contributed by atoms with E-state index in [9.17, 15) is 13.2 Å². The standard InChI is InChI=1S/C20H21N5O3S3/c1-3-12-21-19-23-24-20(30-19)29-14-18(26)22-15-8-7-11-17(13-15)31(27,28)25(2)16-9-5-4-6-10-16/h3-11,13H,1,12,14H2,2H3,(H,21,23)(H,22,26). The van der Waals surface area contributed by atoms with Crippen molar-refractivity contribution >= 4 is 55.5 Å². The highest BCUT2D eigenvalue weighted by molar-refractivity contribution is 8.01. The van der Waals surface area contributed by atoms with Crippen LogP contribution >= 0.6 is 23.1 Å². The average molecular weight is 476 g/mol. The molecule has 2 N–H and O–H groups in total. The third kappa shape index (κ3) is 6.06. The number of amides is 1. The molecule has 0 aliphatic rings. The van der Waals surface area contributed by atoms with E-state index in [1.54, 1.807) is 42.5 Å². The predicted octanol–water partition coefficient (Wildman–Crippen LogP) is 3.69. The fraction of sp³-hybridized carbons (Fsp3) is 0.150. The van der Waals surface area contributed by atoms with Crippen LogP contribution in [0.5, 0.6) is 0 Å². The van der Waals surface area contributed by atoms with Crippen molar-refractivity contribution in [2.75, 3.05) is 34.3 Å². The first kappa shape index (κ1) is 22.8. The molecule has 8 nitrogen and oxygen atoms in total. The molecule has 162 valence electrons. The van der Waals surface area contributed by atoms with Crippen LogP contribution < -0.4 is 14.9 Å². The van der Waals surface area contributed by atoms with Crippen LogP contribution in [0.4, 0.5) is 16.5 Å². The molecule has 0 aliphatic heterocycles. The molecule has 0 radical (unpaired) electrons. The zero-order chi connectivity index (χ0) is 22.3. The van der Waals surface area contributed by atoms with Gasteiger partial charge < -0.3 is 10.6 Å². The van der Waals surface area contributed by atoms with Crippen molar-refractivity contribution in [2.24, 2.45) is 0 Å². The molecular formula is C20H21N5O3S3. The number of hydrogen-bond donors (Lipinski definition) is 2. The summed E-state index contributed by atoms with van der Waals surface area (Å²) in [5.41, 5.74) is 0.950. The molecule has 2 aromatic carbocycles. The number of rotatable bonds is 10. The molecule has 3 rings (SSSR count). The first-order valence-corrected chi connectivity index (χ1v) is 12.4. The normalized spacial score (nSPS) is 11.0. The van der Waals surface area contributed by atoms with Gasteiger partial charge in [0, 0.05) is 19.3 Å². The Kier molecular flexibility index (Phi) is 7.66. The fourth-order valence-electron chi connectivity index (χ4n) is 2.49. The number of para-hydroxylation sites is 1. The van der Waals surface area contributed by atoms with Gasteiger partial charge in [-0.1, -0.05) is 53.4 Å². The summed E-state index contributed by atoms with van der Waals surface area (Å²) in [6.07, 6.45) is 1.72. The smallest absolute Gasteiger partial charge is 0.264 e. The molecule has 1 heterocycles. The molecule has 0 spiro atoms. The van der Waals surface area contributed by atoms with Gasteiger partial charge in [0.05, 0.1) is 16.3 Å². The summed E-state index contributed by atoms with van der Waals surface area (Å²) in [7, 11) is -2.27. The van der Waals surface area contributed by atoms with Crippen LogP contribution in [0.25, 0.3) is 0 Å². The Bertz CT molecular complexity index is 1150. The van der Waals surface area contributed by atoms with E-state index in [0.29, 0.717) is 27.4 Å². The molecule has 0 fully saturated rings. The predicted molar refractivity (Wildman–Crippen MR) is 126 cm³/mol. The monoisotopic (exact) mass is 475 g/mol. The van der Waals surface area contributed by atoms with Gasteiger partial charge in [0.2, 0.25) is 11.0 Å². The van der Waals surface area contributed by atoms with Gasteiger partial charge in [0.25, 0.3) is 10.0 Å². The Hall–Kier alpha value is -2.89. The van der Waals surface area contributed by atoms with Gasteiger partial charge in [0.15, 0.2) is 4.34 Å². The summed E-state index contributed by atoms with van der Waals surface area (Å²) in [5.74, 6) is -0.150. The molecule has 0 bridgehead atoms. The Labute approximate surface area is 189 Å². The molecule has 0 saturated heterocycles. The summed E-state index contributed by atoms with van der Waals surface area (Å²) in [6.45, 7) is 4.21. The Balaban J connectivity index is 1.62. The van der Waals surface area contributed by atoms with E-state index < -0.39 is 10.0 Å². The number of thioether (sulfide) groups is 1. The minimum atomic E-state index is -3.76. The van der Waals surface area contributed by atoms with Crippen molar-refractivity contribution in [2.45, 2.75) is 9.24 Å². The number of nitrogens with one attached hydrogen (secondary N) is 2. The minimum absolute atomic E-state index is 0.0892. The van der Waals surface area contributed by atoms with Gasteiger partial charge >= 0.3 is 0 Å². The maximum absolute atomic E-state index is 12.9. The Morgan fingerprint density at radius 3 is 2.71 bits per heavy atom. The number of aromatic nitrogens is 2. The SMILES string of the molecule is C=CCNc1nnc(SCC(=O)Nc2cccc(S(=O)(=O)N(C)c3ccccc3)c2)s1. The molecule has 3 aromatic rings. The van der Waals surface area contributed by atoms with E-state index in [2.05, 4.69) is 27.4 Å². The Morgan fingerprint density at radius 1 is 1.19 bits per heavy atom. The van der Waals surface area contributed by atoms with Crippen LogP contribution in [0, 0.1) is 0 Å². The number of nitrogens with zero attached hydrogens (tertiary/aromatic N) is 3. The quantitative estimate of drug-likeness (QED) is 0.340. The van der Waals surface area contributed by atoms with Crippen LogP contribution in [0.15, 0.2) is 76.5 Å². The summed E-state index contributed by atoms with van der Waals surface area (Å²) < 4.78 is 27.7. The van der Waals surface area contributed by atoms with Crippen molar-refractivity contribution in [3.8, 4) is 0 Å². The molecule has 11 heteroatoms. The summed E-state index contributed by atoms with van der Waals surface area (Å²) >= 11 is 2.60. The molecule has 0 saturated carbocycles. The van der Waals surface area contributed by atoms with Gasteiger partial charge in [-0.2, -0.15) is 0 Å². The van der Waals surface area contributed by atoms with Gasteiger partial charge in [-0.3, -0.25) is 9.10 Å². The number of anilines is 3. The van der Waals surface area contributed by atoms with E-state index in [0.717, 1.165) is 0 Å². The van der Waals surface area contributed by atoms with Crippen LogP contribution in [0.3, 0.4) is 0 Å². The van der Waals surface area contributed by atoms with Crippen LogP contribution in [-0.2, 0) is 14.8 Å². The first-order valence-electron chi connectivity index (χ1n) is 9.15. The lowest BCUT2D eigenvalue weighted by Gasteiger charge is -2.19. The van der Waals surface area contributed by atoms with Crippen molar-refractivity contribution < 1.29 is 13.2 Å². The second-order valence-electron chi connectivity index (χ2n) is 6.22. The fourth-order valence-corrected chi connectivity index (χ4v) is 5.29. The summed E-state index contributed by atoms with van der Waals surface area (Å²) in [6, 6.07) is 15.0. The molecule has 0 atom stereocenters. The number of carbonyl (C=O) groups is 1. The minimum Gasteiger partial charge on any atom is -0.357 e. The lowest BCUT2D eigenvalue weighted by Crippen LogP contribution is -2.26. The van der Waals surface area contributed by atoms with Crippen molar-refractivity contribution in [1.29, 1.82) is 0 Å². The molecule has 31 heavy (non-hydrogen) atoms. The molecule has 1 aromatic heterocycles. The second kappa shape index (κ2) is 10.4. The summed E-state index contributed by atoms with van der Waals surface area (Å²) in [5, 5.41) is 14.4. The second-order valence-corrected chi connectivity index (χ2v) is 10.4. The van der Waals surface area contributed by atoms with Gasteiger partial charge in [-0.15, -0.1) is 16.8 Å². The maximum atomic E-state index is 12.9. The number of carbonyl (C=O) groups excluding carboxylic acids is 1. The van der Waals surface area contributed by atoms with Crippen LogP contribution in [0.2, 0.25) is 0 Å². The number of benzene rings is 2. The molecule has 0 aliphatic carbocycles. The van der Waals surface area contributed by atoms with Crippen LogP contribution in [0.1, 0.15) is 0 Å². The highest BCUT2D eigenvalue weighted by atomic mass is 32.2. The summed E-state index contributed by atoms with van der Waals surface area (Å²) in [4.78, 5) is 12.4. The highest BCUT2D eigenvalue weighted by Crippen LogP contribution is 2.26. The number of hydrogen-bond acceptors (Lipinski definition) is 8. The first-order chi connectivity index (χ1) is 14.9.